The van der Waals surface area contributed by atoms with Crippen molar-refractivity contribution in [2.45, 2.75) is 6.42 Å². The summed E-state index contributed by atoms with van der Waals surface area (Å²) in [4.78, 5) is 0. The molecule has 0 amide bonds. The molecule has 1 fully saturated rings. The largest absolute Gasteiger partial charge is 0.323 e. The molecule has 0 aromatic carbocycles. The number of nitrogens with zero attached hydrogens (tertiary/aromatic N) is 1. The Kier molecular flexibility index (Phi) is 1.44. The van der Waals surface area contributed by atoms with E-state index in [1.165, 1.54) is 0 Å². The Labute approximate surface area is 53.7 Å². The SMILES string of the molecule is N/N=C1\CCS(=O)(=O)C1. The average molecular weight is 148 g/mol. The van der Waals surface area contributed by atoms with E-state index in [9.17, 15) is 8.42 Å². The molecule has 1 aliphatic rings. The highest BCUT2D eigenvalue weighted by atomic mass is 32.2. The quantitative estimate of drug-likeness (QED) is 0.358. The van der Waals surface area contributed by atoms with Crippen LogP contribution in [0, 0.1) is 0 Å². The van der Waals surface area contributed by atoms with Crippen molar-refractivity contribution in [3.05, 3.63) is 0 Å². The third kappa shape index (κ3) is 1.41. The lowest BCUT2D eigenvalue weighted by atomic mass is 10.3. The van der Waals surface area contributed by atoms with Crippen LogP contribution in [0.4, 0.5) is 0 Å². The van der Waals surface area contributed by atoms with Gasteiger partial charge in [0.2, 0.25) is 0 Å². The van der Waals surface area contributed by atoms with Gasteiger partial charge in [-0.15, -0.1) is 0 Å². The molecule has 5 heteroatoms. The molecule has 4 nitrogen and oxygen atoms in total. The highest BCUT2D eigenvalue weighted by molar-refractivity contribution is 7.92. The third-order valence-electron chi connectivity index (χ3n) is 1.27. The van der Waals surface area contributed by atoms with Gasteiger partial charge in [-0.05, 0) is 0 Å². The normalized spacial score (nSPS) is 29.1. The molecule has 0 spiro atoms. The molecule has 1 saturated heterocycles. The topological polar surface area (TPSA) is 72.5 Å². The van der Waals surface area contributed by atoms with Gasteiger partial charge in [-0.3, -0.25) is 0 Å². The highest BCUT2D eigenvalue weighted by Crippen LogP contribution is 2.06. The van der Waals surface area contributed by atoms with Crippen LogP contribution in [0.25, 0.3) is 0 Å². The average Bonchev–Trinajstić information content (AvgIpc) is 2.10. The summed E-state index contributed by atoms with van der Waals surface area (Å²) >= 11 is 0. The Balaban J connectivity index is 2.81. The number of rotatable bonds is 0. The number of sulfone groups is 1. The van der Waals surface area contributed by atoms with Crippen molar-refractivity contribution >= 4 is 15.5 Å². The molecule has 0 aliphatic carbocycles. The van der Waals surface area contributed by atoms with E-state index in [2.05, 4.69) is 5.10 Å². The predicted octanol–water partition coefficient (Wildman–Crippen LogP) is -0.880. The Hall–Kier alpha value is -0.580. The number of hydrogen-bond donors (Lipinski definition) is 1. The summed E-state index contributed by atoms with van der Waals surface area (Å²) < 4.78 is 21.3. The minimum absolute atomic E-state index is 0.0590. The summed E-state index contributed by atoms with van der Waals surface area (Å²) in [7, 11) is -2.82. The van der Waals surface area contributed by atoms with Crippen LogP contribution in [-0.4, -0.2) is 25.6 Å². The molecule has 0 bridgehead atoms. The van der Waals surface area contributed by atoms with Crippen LogP contribution in [-0.2, 0) is 9.84 Å². The van der Waals surface area contributed by atoms with Gasteiger partial charge >= 0.3 is 0 Å². The van der Waals surface area contributed by atoms with Gasteiger partial charge in [-0.1, -0.05) is 0 Å². The van der Waals surface area contributed by atoms with E-state index in [1.807, 2.05) is 0 Å². The molecule has 9 heavy (non-hydrogen) atoms. The molecule has 1 rings (SSSR count). The van der Waals surface area contributed by atoms with Crippen LogP contribution in [0.3, 0.4) is 0 Å². The van der Waals surface area contributed by atoms with Gasteiger partial charge in [0.05, 0.1) is 17.2 Å². The lowest BCUT2D eigenvalue weighted by molar-refractivity contribution is 0.603. The first-order valence-corrected chi connectivity index (χ1v) is 4.42. The summed E-state index contributed by atoms with van der Waals surface area (Å²) in [5.41, 5.74) is 0.593. The molecule has 0 atom stereocenters. The molecule has 1 aliphatic heterocycles. The van der Waals surface area contributed by atoms with Crippen molar-refractivity contribution in [1.82, 2.24) is 0 Å². The van der Waals surface area contributed by atoms with Crippen molar-refractivity contribution in [3.63, 3.8) is 0 Å². The first-order chi connectivity index (χ1) is 4.14. The van der Waals surface area contributed by atoms with E-state index in [4.69, 9.17) is 5.84 Å². The maximum Gasteiger partial charge on any atom is 0.156 e. The Morgan fingerprint density at radius 2 is 2.22 bits per heavy atom. The van der Waals surface area contributed by atoms with E-state index < -0.39 is 9.84 Å². The monoisotopic (exact) mass is 148 g/mol. The highest BCUT2D eigenvalue weighted by Gasteiger charge is 2.23. The molecule has 0 aromatic heterocycles. The summed E-state index contributed by atoms with van der Waals surface area (Å²) in [6.45, 7) is 0. The van der Waals surface area contributed by atoms with Crippen LogP contribution < -0.4 is 5.84 Å². The minimum Gasteiger partial charge on any atom is -0.323 e. The first kappa shape index (κ1) is 6.54. The fourth-order valence-electron chi connectivity index (χ4n) is 0.773. The van der Waals surface area contributed by atoms with E-state index in [0.29, 0.717) is 12.1 Å². The van der Waals surface area contributed by atoms with Crippen LogP contribution in [0.1, 0.15) is 6.42 Å². The van der Waals surface area contributed by atoms with Crippen molar-refractivity contribution in [3.8, 4) is 0 Å². The van der Waals surface area contributed by atoms with Gasteiger partial charge < -0.3 is 5.84 Å². The molecule has 52 valence electrons. The van der Waals surface area contributed by atoms with E-state index in [1.54, 1.807) is 0 Å². The van der Waals surface area contributed by atoms with Crippen LogP contribution in [0.5, 0.6) is 0 Å². The zero-order valence-corrected chi connectivity index (χ0v) is 5.69. The molecule has 0 aromatic rings. The number of hydrogen-bond acceptors (Lipinski definition) is 4. The third-order valence-corrected chi connectivity index (χ3v) is 2.87. The smallest absolute Gasteiger partial charge is 0.156 e. The van der Waals surface area contributed by atoms with Crippen LogP contribution >= 0.6 is 0 Å². The van der Waals surface area contributed by atoms with Gasteiger partial charge in [0.25, 0.3) is 0 Å². The second-order valence-corrected chi connectivity index (χ2v) is 4.22. The Morgan fingerprint density at radius 1 is 1.56 bits per heavy atom. The number of nitrogens with two attached hydrogens (primary N) is 1. The lowest BCUT2D eigenvalue weighted by Gasteiger charge is -1.84. The zero-order valence-electron chi connectivity index (χ0n) is 4.87. The second-order valence-electron chi connectivity index (χ2n) is 2.04. The molecule has 0 saturated carbocycles. The van der Waals surface area contributed by atoms with Crippen LogP contribution in [0.2, 0.25) is 0 Å². The van der Waals surface area contributed by atoms with Crippen molar-refractivity contribution in [1.29, 1.82) is 0 Å². The van der Waals surface area contributed by atoms with E-state index >= 15 is 0 Å². The Morgan fingerprint density at radius 3 is 2.44 bits per heavy atom. The van der Waals surface area contributed by atoms with E-state index in [-0.39, 0.29) is 11.5 Å². The van der Waals surface area contributed by atoms with Gasteiger partial charge in [0, 0.05) is 6.42 Å². The van der Waals surface area contributed by atoms with Crippen molar-refractivity contribution in [2.24, 2.45) is 10.9 Å². The summed E-state index contributed by atoms with van der Waals surface area (Å²) in [5.74, 6) is 5.15. The standard InChI is InChI=1S/C4H8N2O2S/c5-6-4-1-2-9(7,8)3-4/h1-3,5H2/b6-4+. The second kappa shape index (κ2) is 1.98. The van der Waals surface area contributed by atoms with Gasteiger partial charge in [0.1, 0.15) is 0 Å². The molecule has 0 radical (unpaired) electrons. The summed E-state index contributed by atoms with van der Waals surface area (Å²) in [5, 5.41) is 3.32. The maximum atomic E-state index is 10.7. The Bertz CT molecular complexity index is 229. The minimum atomic E-state index is -2.82. The lowest BCUT2D eigenvalue weighted by Crippen LogP contribution is -2.05. The molecular formula is C4H8N2O2S. The van der Waals surface area contributed by atoms with E-state index in [0.717, 1.165) is 0 Å². The van der Waals surface area contributed by atoms with Crippen molar-refractivity contribution in [2.75, 3.05) is 11.5 Å². The van der Waals surface area contributed by atoms with Gasteiger partial charge in [-0.25, -0.2) is 8.42 Å². The zero-order chi connectivity index (χ0) is 6.91. The maximum absolute atomic E-state index is 10.7. The molecule has 0 unspecified atom stereocenters. The molecule has 2 N–H and O–H groups in total. The molecular weight excluding hydrogens is 140 g/mol. The summed E-state index contributed by atoms with van der Waals surface area (Å²) in [6.07, 6.45) is 0.513. The molecule has 1 heterocycles. The fraction of sp³-hybridized carbons (Fsp3) is 0.750. The summed E-state index contributed by atoms with van der Waals surface area (Å²) in [6, 6.07) is 0. The number of hydrazone groups is 1. The van der Waals surface area contributed by atoms with Crippen molar-refractivity contribution < 1.29 is 8.42 Å². The predicted molar refractivity (Wildman–Crippen MR) is 34.9 cm³/mol. The van der Waals surface area contributed by atoms with Gasteiger partial charge in [-0.2, -0.15) is 5.10 Å². The fourth-order valence-corrected chi connectivity index (χ4v) is 2.19. The van der Waals surface area contributed by atoms with Gasteiger partial charge in [0.15, 0.2) is 9.84 Å². The van der Waals surface area contributed by atoms with Crippen LogP contribution in [0.15, 0.2) is 5.10 Å². The first-order valence-electron chi connectivity index (χ1n) is 2.60.